The van der Waals surface area contributed by atoms with Gasteiger partial charge in [-0.05, 0) is 12.1 Å². The van der Waals surface area contributed by atoms with E-state index in [2.05, 4.69) is 12.5 Å². The van der Waals surface area contributed by atoms with Crippen LogP contribution in [0.2, 0.25) is 0 Å². The van der Waals surface area contributed by atoms with Gasteiger partial charge in [-0.25, -0.2) is 0 Å². The Kier molecular flexibility index (Phi) is 1.27. The minimum atomic E-state index is -0.433. The average molecular weight is 152 g/mol. The van der Waals surface area contributed by atoms with Crippen molar-refractivity contribution >= 4 is 18.9 Å². The topological polar surface area (TPSA) is 18.5 Å². The number of hydrogen-bond donors (Lipinski definition) is 1. The molecule has 0 unspecified atom stereocenters. The molecule has 0 amide bonds. The fourth-order valence-electron chi connectivity index (χ4n) is 0.886. The maximum atomic E-state index is 5.15. The molecule has 0 atom stereocenters. The van der Waals surface area contributed by atoms with Crippen LogP contribution in [0.25, 0.3) is 0 Å². The Morgan fingerprint density at radius 2 is 1.60 bits per heavy atom. The summed E-state index contributed by atoms with van der Waals surface area (Å²) in [5.41, 5.74) is 0. The molecule has 1 aliphatic heterocycles. The first-order valence-corrected chi connectivity index (χ1v) is 3.48. The van der Waals surface area contributed by atoms with Crippen LogP contribution in [0.15, 0.2) is 24.3 Å². The van der Waals surface area contributed by atoms with Crippen LogP contribution in [0, 0.1) is 0 Å². The lowest BCUT2D eigenvalue weighted by Gasteiger charge is -1.92. The Hall–Kier alpha value is -0.765. The largest absolute Gasteiger partial charge is 0.668 e. The summed E-state index contributed by atoms with van der Waals surface area (Å²) in [6.45, 7) is 0. The number of rotatable bonds is 0. The molecule has 0 fully saturated rings. The zero-order valence-electron chi connectivity index (χ0n) is 5.15. The number of fused-ring (bicyclic) bond motifs is 1. The summed E-state index contributed by atoms with van der Waals surface area (Å²) in [7, 11) is 0. The Bertz CT molecular complexity index is 228. The molecular weight excluding hydrogens is 147 g/mol. The summed E-state index contributed by atoms with van der Waals surface area (Å²) in [6.07, 6.45) is -0.433. The van der Waals surface area contributed by atoms with E-state index in [1.807, 2.05) is 24.3 Å². The summed E-state index contributed by atoms with van der Waals surface area (Å²) in [5.74, 6) is 1.53. The van der Waals surface area contributed by atoms with Crippen LogP contribution in [-0.2, 0) is 0 Å². The van der Waals surface area contributed by atoms with Crippen molar-refractivity contribution in [2.24, 2.45) is 0 Å². The van der Waals surface area contributed by atoms with Gasteiger partial charge in [0.15, 0.2) is 0 Å². The summed E-state index contributed by atoms with van der Waals surface area (Å²) >= 11 is 3.99. The van der Waals surface area contributed by atoms with Crippen molar-refractivity contribution < 1.29 is 9.31 Å². The van der Waals surface area contributed by atoms with Gasteiger partial charge in [-0.1, -0.05) is 12.1 Å². The van der Waals surface area contributed by atoms with Gasteiger partial charge in [0.2, 0.25) is 0 Å². The van der Waals surface area contributed by atoms with Crippen molar-refractivity contribution in [3.63, 3.8) is 0 Å². The second kappa shape index (κ2) is 2.13. The predicted molar refractivity (Wildman–Crippen MR) is 42.4 cm³/mol. The van der Waals surface area contributed by atoms with E-state index in [4.69, 9.17) is 9.31 Å². The molecule has 0 saturated heterocycles. The zero-order chi connectivity index (χ0) is 6.97. The first-order valence-electron chi connectivity index (χ1n) is 2.97. The quantitative estimate of drug-likeness (QED) is 0.447. The van der Waals surface area contributed by atoms with E-state index < -0.39 is 6.40 Å². The predicted octanol–water partition coefficient (Wildman–Crippen LogP) is 1.37. The molecule has 0 spiro atoms. The summed E-state index contributed by atoms with van der Waals surface area (Å²) in [4.78, 5) is 0. The summed E-state index contributed by atoms with van der Waals surface area (Å²) < 4.78 is 10.3. The SMILES string of the molecule is SB1Oc2ccccc2O1. The molecule has 4 heteroatoms. The van der Waals surface area contributed by atoms with E-state index in [1.54, 1.807) is 0 Å². The Morgan fingerprint density at radius 3 is 2.10 bits per heavy atom. The van der Waals surface area contributed by atoms with Crippen molar-refractivity contribution in [1.29, 1.82) is 0 Å². The highest BCUT2D eigenvalue weighted by Crippen LogP contribution is 2.32. The number of thiol groups is 1. The van der Waals surface area contributed by atoms with Crippen LogP contribution in [0.3, 0.4) is 0 Å². The molecule has 2 nitrogen and oxygen atoms in total. The van der Waals surface area contributed by atoms with Gasteiger partial charge in [-0.3, -0.25) is 0 Å². The number of para-hydroxylation sites is 2. The highest BCUT2D eigenvalue weighted by Gasteiger charge is 2.26. The van der Waals surface area contributed by atoms with Crippen LogP contribution in [0.1, 0.15) is 0 Å². The summed E-state index contributed by atoms with van der Waals surface area (Å²) in [6, 6.07) is 7.50. The van der Waals surface area contributed by atoms with Gasteiger partial charge in [0, 0.05) is 0 Å². The van der Waals surface area contributed by atoms with E-state index in [-0.39, 0.29) is 0 Å². The molecule has 0 bridgehead atoms. The van der Waals surface area contributed by atoms with Crippen LogP contribution in [-0.4, -0.2) is 6.40 Å². The maximum Gasteiger partial charge on any atom is 0.668 e. The molecule has 0 N–H and O–H groups in total. The Labute approximate surface area is 64.6 Å². The lowest BCUT2D eigenvalue weighted by Crippen LogP contribution is -2.15. The molecule has 0 aliphatic carbocycles. The standard InChI is InChI=1S/C6H5BO2S/c10-7-8-5-3-1-2-4-6(5)9-7/h1-4,10H. The third-order valence-electron chi connectivity index (χ3n) is 1.30. The molecule has 0 radical (unpaired) electrons. The Balaban J connectivity index is 2.42. The van der Waals surface area contributed by atoms with Crippen molar-refractivity contribution in [3.05, 3.63) is 24.3 Å². The van der Waals surface area contributed by atoms with Crippen molar-refractivity contribution in [2.75, 3.05) is 0 Å². The van der Waals surface area contributed by atoms with Gasteiger partial charge in [0.25, 0.3) is 0 Å². The molecule has 10 heavy (non-hydrogen) atoms. The van der Waals surface area contributed by atoms with Crippen LogP contribution in [0.4, 0.5) is 0 Å². The molecule has 50 valence electrons. The molecule has 1 aliphatic rings. The first kappa shape index (κ1) is 5.98. The molecule has 1 heterocycles. The number of hydrogen-bond acceptors (Lipinski definition) is 3. The Morgan fingerprint density at radius 1 is 1.10 bits per heavy atom. The minimum absolute atomic E-state index is 0.433. The first-order chi connectivity index (χ1) is 4.86. The molecule has 0 saturated carbocycles. The van der Waals surface area contributed by atoms with Gasteiger partial charge in [0.1, 0.15) is 11.5 Å². The van der Waals surface area contributed by atoms with Crippen molar-refractivity contribution in [3.8, 4) is 11.5 Å². The van der Waals surface area contributed by atoms with Crippen LogP contribution < -0.4 is 9.31 Å². The average Bonchev–Trinajstić information content (AvgIpc) is 2.27. The van der Waals surface area contributed by atoms with Gasteiger partial charge < -0.3 is 9.31 Å². The van der Waals surface area contributed by atoms with E-state index in [1.165, 1.54) is 0 Å². The van der Waals surface area contributed by atoms with Gasteiger partial charge >= 0.3 is 6.40 Å². The van der Waals surface area contributed by atoms with Crippen LogP contribution >= 0.6 is 12.5 Å². The molecular formula is C6H5BO2S. The molecule has 2 rings (SSSR count). The van der Waals surface area contributed by atoms with Crippen molar-refractivity contribution in [2.45, 2.75) is 0 Å². The normalized spacial score (nSPS) is 13.9. The smallest absolute Gasteiger partial charge is 0.514 e. The van der Waals surface area contributed by atoms with E-state index >= 15 is 0 Å². The third-order valence-corrected chi connectivity index (χ3v) is 1.52. The highest BCUT2D eigenvalue weighted by atomic mass is 32.1. The van der Waals surface area contributed by atoms with E-state index in [0.29, 0.717) is 0 Å². The lowest BCUT2D eigenvalue weighted by molar-refractivity contribution is 0.532. The van der Waals surface area contributed by atoms with E-state index in [9.17, 15) is 0 Å². The van der Waals surface area contributed by atoms with Gasteiger partial charge in [-0.2, -0.15) is 0 Å². The third kappa shape index (κ3) is 0.846. The fourth-order valence-corrected chi connectivity index (χ4v) is 1.11. The molecule has 1 aromatic rings. The molecule has 1 aromatic carbocycles. The van der Waals surface area contributed by atoms with E-state index in [0.717, 1.165) is 11.5 Å². The van der Waals surface area contributed by atoms with Gasteiger partial charge in [-0.15, -0.1) is 12.5 Å². The monoisotopic (exact) mass is 152 g/mol. The lowest BCUT2D eigenvalue weighted by atomic mass is 10.3. The van der Waals surface area contributed by atoms with Gasteiger partial charge in [0.05, 0.1) is 0 Å². The second-order valence-electron chi connectivity index (χ2n) is 1.99. The molecule has 0 aromatic heterocycles. The van der Waals surface area contributed by atoms with Crippen LogP contribution in [0.5, 0.6) is 11.5 Å². The minimum Gasteiger partial charge on any atom is -0.514 e. The summed E-state index contributed by atoms with van der Waals surface area (Å²) in [5, 5.41) is 0. The second-order valence-corrected chi connectivity index (χ2v) is 2.41. The maximum absolute atomic E-state index is 5.15. The zero-order valence-corrected chi connectivity index (χ0v) is 6.04. The van der Waals surface area contributed by atoms with Crippen molar-refractivity contribution in [1.82, 2.24) is 0 Å². The highest BCUT2D eigenvalue weighted by molar-refractivity contribution is 8.08. The fraction of sp³-hybridized carbons (Fsp3) is 0. The number of benzene rings is 1.